The van der Waals surface area contributed by atoms with E-state index < -0.39 is 17.7 Å². The second-order valence-electron chi connectivity index (χ2n) is 4.20. The Morgan fingerprint density at radius 2 is 1.71 bits per heavy atom. The quantitative estimate of drug-likeness (QED) is 0.894. The number of amides is 2. The van der Waals surface area contributed by atoms with E-state index in [1.807, 2.05) is 6.92 Å². The molecular weight excluding hydrogens is 278 g/mol. The summed E-state index contributed by atoms with van der Waals surface area (Å²) in [5, 5.41) is 4.91. The van der Waals surface area contributed by atoms with Crippen LogP contribution < -0.4 is 15.4 Å². The number of ether oxygens (including phenoxy) is 1. The van der Waals surface area contributed by atoms with E-state index in [4.69, 9.17) is 4.74 Å². The lowest BCUT2D eigenvalue weighted by atomic mass is 10.3. The summed E-state index contributed by atoms with van der Waals surface area (Å²) in [4.78, 5) is 11.8. The van der Waals surface area contributed by atoms with Crippen molar-refractivity contribution in [2.24, 2.45) is 0 Å². The molecule has 0 heterocycles. The van der Waals surface area contributed by atoms with Gasteiger partial charge >= 0.3 is 6.03 Å². The van der Waals surface area contributed by atoms with Crippen LogP contribution in [0.25, 0.3) is 0 Å². The molecule has 0 aromatic heterocycles. The average Bonchev–Trinajstić information content (AvgIpc) is 2.37. The zero-order chi connectivity index (χ0) is 15.2. The lowest BCUT2D eigenvalue weighted by Crippen LogP contribution is -2.19. The predicted octanol–water partition coefficient (Wildman–Crippen LogP) is 4.01. The number of hydrogen-bond donors (Lipinski definition) is 2. The Labute approximate surface area is 120 Å². The van der Waals surface area contributed by atoms with Gasteiger partial charge in [-0.15, -0.1) is 0 Å². The molecule has 21 heavy (non-hydrogen) atoms. The number of rotatable bonds is 4. The minimum Gasteiger partial charge on any atom is -0.494 e. The standard InChI is InChI=1S/C15H14F2N2O2/c1-2-21-14-5-3-4-12(9-14)18-15(20)19-13-7-10(16)6-11(17)8-13/h3-9H,2H2,1H3,(H2,18,19,20). The Morgan fingerprint density at radius 3 is 2.38 bits per heavy atom. The van der Waals surface area contributed by atoms with Gasteiger partial charge in [0.2, 0.25) is 0 Å². The molecule has 0 bridgehead atoms. The van der Waals surface area contributed by atoms with Crippen molar-refractivity contribution in [2.75, 3.05) is 17.2 Å². The summed E-state index contributed by atoms with van der Waals surface area (Å²) in [5.41, 5.74) is 0.543. The van der Waals surface area contributed by atoms with Crippen LogP contribution in [0.3, 0.4) is 0 Å². The Bertz CT molecular complexity index is 627. The monoisotopic (exact) mass is 292 g/mol. The molecule has 0 aliphatic heterocycles. The molecule has 2 aromatic rings. The van der Waals surface area contributed by atoms with Crippen molar-refractivity contribution in [3.05, 3.63) is 54.1 Å². The zero-order valence-electron chi connectivity index (χ0n) is 11.3. The lowest BCUT2D eigenvalue weighted by Gasteiger charge is -2.09. The molecule has 0 atom stereocenters. The molecule has 2 N–H and O–H groups in total. The van der Waals surface area contributed by atoms with Crippen LogP contribution in [-0.2, 0) is 0 Å². The fraction of sp³-hybridized carbons (Fsp3) is 0.133. The van der Waals surface area contributed by atoms with Crippen molar-refractivity contribution in [1.82, 2.24) is 0 Å². The summed E-state index contributed by atoms with van der Waals surface area (Å²) in [6.45, 7) is 2.36. The first kappa shape index (κ1) is 14.8. The molecule has 0 spiro atoms. The van der Waals surface area contributed by atoms with Crippen LogP contribution in [0, 0.1) is 11.6 Å². The molecule has 0 saturated carbocycles. The summed E-state index contributed by atoms with van der Waals surface area (Å²) in [7, 11) is 0. The van der Waals surface area contributed by atoms with Crippen LogP contribution in [-0.4, -0.2) is 12.6 Å². The number of halogens is 2. The Kier molecular flexibility index (Phi) is 4.71. The van der Waals surface area contributed by atoms with Crippen LogP contribution in [0.1, 0.15) is 6.92 Å². The molecule has 0 unspecified atom stereocenters. The summed E-state index contributed by atoms with van der Waals surface area (Å²) in [6, 6.07) is 8.99. The van der Waals surface area contributed by atoms with Gasteiger partial charge in [-0.25, -0.2) is 13.6 Å². The number of anilines is 2. The van der Waals surface area contributed by atoms with E-state index in [2.05, 4.69) is 10.6 Å². The number of nitrogens with one attached hydrogen (secondary N) is 2. The summed E-state index contributed by atoms with van der Waals surface area (Å²) < 4.78 is 31.3. The highest BCUT2D eigenvalue weighted by Gasteiger charge is 2.06. The van der Waals surface area contributed by atoms with Crippen LogP contribution in [0.4, 0.5) is 25.0 Å². The number of urea groups is 1. The van der Waals surface area contributed by atoms with Gasteiger partial charge in [-0.1, -0.05) is 6.07 Å². The molecule has 2 rings (SSSR count). The van der Waals surface area contributed by atoms with Crippen molar-refractivity contribution in [2.45, 2.75) is 6.92 Å². The first-order chi connectivity index (χ1) is 10.1. The van der Waals surface area contributed by atoms with Gasteiger partial charge in [-0.3, -0.25) is 0 Å². The third kappa shape index (κ3) is 4.45. The minimum absolute atomic E-state index is 0.0333. The summed E-state index contributed by atoms with van der Waals surface area (Å²) >= 11 is 0. The first-order valence-electron chi connectivity index (χ1n) is 6.34. The third-order valence-electron chi connectivity index (χ3n) is 2.52. The van der Waals surface area contributed by atoms with Crippen molar-refractivity contribution in [3.8, 4) is 5.75 Å². The highest BCUT2D eigenvalue weighted by Crippen LogP contribution is 2.18. The molecule has 4 nitrogen and oxygen atoms in total. The fourth-order valence-corrected chi connectivity index (χ4v) is 1.75. The molecule has 2 aromatic carbocycles. The van der Waals surface area contributed by atoms with Gasteiger partial charge in [0.05, 0.1) is 6.61 Å². The number of carbonyl (C=O) groups is 1. The molecule has 0 aliphatic rings. The smallest absolute Gasteiger partial charge is 0.323 e. The number of hydrogen-bond acceptors (Lipinski definition) is 2. The normalized spacial score (nSPS) is 10.0. The maximum Gasteiger partial charge on any atom is 0.323 e. The van der Waals surface area contributed by atoms with Crippen LogP contribution in [0.2, 0.25) is 0 Å². The van der Waals surface area contributed by atoms with Crippen molar-refractivity contribution in [3.63, 3.8) is 0 Å². The van der Waals surface area contributed by atoms with Crippen molar-refractivity contribution < 1.29 is 18.3 Å². The molecule has 0 saturated heterocycles. The second kappa shape index (κ2) is 6.69. The van der Waals surface area contributed by atoms with Crippen LogP contribution >= 0.6 is 0 Å². The molecule has 0 aliphatic carbocycles. The van der Waals surface area contributed by atoms with Gasteiger partial charge in [-0.05, 0) is 31.2 Å². The van der Waals surface area contributed by atoms with Gasteiger partial charge in [0.25, 0.3) is 0 Å². The highest BCUT2D eigenvalue weighted by molar-refractivity contribution is 5.99. The number of benzene rings is 2. The average molecular weight is 292 g/mol. The van der Waals surface area contributed by atoms with E-state index in [-0.39, 0.29) is 5.69 Å². The van der Waals surface area contributed by atoms with Gasteiger partial charge in [0, 0.05) is 23.5 Å². The van der Waals surface area contributed by atoms with Crippen LogP contribution in [0.5, 0.6) is 5.75 Å². The topological polar surface area (TPSA) is 50.4 Å². The maximum absolute atomic E-state index is 13.0. The second-order valence-corrected chi connectivity index (χ2v) is 4.20. The molecular formula is C15H14F2N2O2. The summed E-state index contributed by atoms with van der Waals surface area (Å²) in [6.07, 6.45) is 0. The molecule has 2 amide bonds. The Morgan fingerprint density at radius 1 is 1.05 bits per heavy atom. The SMILES string of the molecule is CCOc1cccc(NC(=O)Nc2cc(F)cc(F)c2)c1. The van der Waals surface area contributed by atoms with Gasteiger partial charge in [0.15, 0.2) is 0 Å². The van der Waals surface area contributed by atoms with E-state index in [0.717, 1.165) is 18.2 Å². The van der Waals surface area contributed by atoms with E-state index >= 15 is 0 Å². The maximum atomic E-state index is 13.0. The van der Waals surface area contributed by atoms with Crippen molar-refractivity contribution >= 4 is 17.4 Å². The molecule has 0 fully saturated rings. The van der Waals surface area contributed by atoms with Crippen molar-refractivity contribution in [1.29, 1.82) is 0 Å². The molecule has 6 heteroatoms. The van der Waals surface area contributed by atoms with Gasteiger partial charge in [-0.2, -0.15) is 0 Å². The number of carbonyl (C=O) groups excluding carboxylic acids is 1. The predicted molar refractivity (Wildman–Crippen MR) is 76.6 cm³/mol. The minimum atomic E-state index is -0.761. The van der Waals surface area contributed by atoms with E-state index in [1.165, 1.54) is 0 Å². The zero-order valence-corrected chi connectivity index (χ0v) is 11.3. The Balaban J connectivity index is 2.02. The first-order valence-corrected chi connectivity index (χ1v) is 6.34. The van der Waals surface area contributed by atoms with E-state index in [9.17, 15) is 13.6 Å². The molecule has 0 radical (unpaired) electrons. The highest BCUT2D eigenvalue weighted by atomic mass is 19.1. The van der Waals surface area contributed by atoms with Gasteiger partial charge < -0.3 is 15.4 Å². The van der Waals surface area contributed by atoms with Crippen LogP contribution in [0.15, 0.2) is 42.5 Å². The van der Waals surface area contributed by atoms with Gasteiger partial charge in [0.1, 0.15) is 17.4 Å². The van der Waals surface area contributed by atoms with E-state index in [1.54, 1.807) is 24.3 Å². The van der Waals surface area contributed by atoms with E-state index in [0.29, 0.717) is 18.0 Å². The molecule has 110 valence electrons. The Hall–Kier alpha value is -2.63. The largest absolute Gasteiger partial charge is 0.494 e. The fourth-order valence-electron chi connectivity index (χ4n) is 1.75. The third-order valence-corrected chi connectivity index (χ3v) is 2.52. The summed E-state index contributed by atoms with van der Waals surface area (Å²) in [5.74, 6) is -0.903. The lowest BCUT2D eigenvalue weighted by molar-refractivity contribution is 0.262.